The highest BCUT2D eigenvalue weighted by Gasteiger charge is 2.41. The Kier molecular flexibility index (Phi) is 5.41. The van der Waals surface area contributed by atoms with Crippen molar-refractivity contribution in [1.82, 2.24) is 10.1 Å². The smallest absolute Gasteiger partial charge is 0.258 e. The molecule has 0 spiro atoms. The number of aromatic nitrogens is 2. The third-order valence-corrected chi connectivity index (χ3v) is 4.27. The van der Waals surface area contributed by atoms with E-state index in [1.54, 1.807) is 0 Å². The summed E-state index contributed by atoms with van der Waals surface area (Å²) in [6.07, 6.45) is 4.88. The Morgan fingerprint density at radius 3 is 2.70 bits per heavy atom. The largest absolute Gasteiger partial charge is 0.376 e. The van der Waals surface area contributed by atoms with Gasteiger partial charge in [-0.2, -0.15) is 4.98 Å². The van der Waals surface area contributed by atoms with Crippen molar-refractivity contribution in [3.8, 4) is 0 Å². The molecule has 0 aliphatic heterocycles. The Hall–Kier alpha value is -1.72. The Bertz CT molecular complexity index is 591. The van der Waals surface area contributed by atoms with Crippen molar-refractivity contribution in [2.45, 2.75) is 51.2 Å². The highest BCUT2D eigenvalue weighted by atomic mass is 16.5. The minimum Gasteiger partial charge on any atom is -0.376 e. The first-order valence-corrected chi connectivity index (χ1v) is 8.41. The van der Waals surface area contributed by atoms with E-state index in [-0.39, 0.29) is 5.60 Å². The van der Waals surface area contributed by atoms with Crippen LogP contribution in [-0.4, -0.2) is 23.4 Å². The summed E-state index contributed by atoms with van der Waals surface area (Å²) in [7, 11) is 0. The Balaban J connectivity index is 1.51. The van der Waals surface area contributed by atoms with Crippen LogP contribution < -0.4 is 0 Å². The lowest BCUT2D eigenvalue weighted by Crippen LogP contribution is -2.26. The first-order valence-electron chi connectivity index (χ1n) is 8.41. The molecule has 0 saturated heterocycles. The average Bonchev–Trinajstić information content (AvgIpc) is 3.23. The van der Waals surface area contributed by atoms with Crippen molar-refractivity contribution in [3.63, 3.8) is 0 Å². The molecule has 5 heteroatoms. The Morgan fingerprint density at radius 1 is 1.17 bits per heavy atom. The maximum Gasteiger partial charge on any atom is 0.258 e. The maximum absolute atomic E-state index is 5.95. The molecule has 0 bridgehead atoms. The van der Waals surface area contributed by atoms with Gasteiger partial charge >= 0.3 is 0 Å². The second kappa shape index (κ2) is 7.70. The second-order valence-corrected chi connectivity index (χ2v) is 5.94. The highest BCUT2D eigenvalue weighted by Crippen LogP contribution is 2.41. The molecular formula is C18H24N2O3. The second-order valence-electron chi connectivity index (χ2n) is 5.94. The van der Waals surface area contributed by atoms with Crippen LogP contribution in [0.5, 0.6) is 0 Å². The summed E-state index contributed by atoms with van der Waals surface area (Å²) in [4.78, 5) is 4.54. The van der Waals surface area contributed by atoms with Gasteiger partial charge in [-0.05, 0) is 38.2 Å². The molecule has 1 heterocycles. The quantitative estimate of drug-likeness (QED) is 0.696. The molecule has 5 nitrogen and oxygen atoms in total. The summed E-state index contributed by atoms with van der Waals surface area (Å²) in [6.45, 7) is 3.86. The number of nitrogens with zero attached hydrogens (tertiary/aromatic N) is 2. The van der Waals surface area contributed by atoms with Gasteiger partial charge in [0, 0.05) is 13.0 Å². The van der Waals surface area contributed by atoms with Crippen molar-refractivity contribution in [2.75, 3.05) is 13.2 Å². The predicted molar refractivity (Wildman–Crippen MR) is 85.9 cm³/mol. The third-order valence-electron chi connectivity index (χ3n) is 4.27. The average molecular weight is 316 g/mol. The van der Waals surface area contributed by atoms with E-state index >= 15 is 0 Å². The van der Waals surface area contributed by atoms with Crippen LogP contribution in [0.25, 0.3) is 0 Å². The molecule has 0 radical (unpaired) electrons. The van der Waals surface area contributed by atoms with Crippen molar-refractivity contribution >= 4 is 0 Å². The molecule has 1 aliphatic rings. The molecule has 1 saturated carbocycles. The molecule has 0 unspecified atom stereocenters. The van der Waals surface area contributed by atoms with E-state index in [0.717, 1.165) is 25.7 Å². The van der Waals surface area contributed by atoms with Gasteiger partial charge < -0.3 is 14.0 Å². The molecule has 1 aromatic carbocycles. The fraction of sp³-hybridized carbons (Fsp3) is 0.556. The fourth-order valence-electron chi connectivity index (χ4n) is 3.11. The zero-order valence-corrected chi connectivity index (χ0v) is 13.7. The topological polar surface area (TPSA) is 57.4 Å². The van der Waals surface area contributed by atoms with Crippen LogP contribution in [0.15, 0.2) is 34.9 Å². The molecule has 1 aliphatic carbocycles. The summed E-state index contributed by atoms with van der Waals surface area (Å²) >= 11 is 0. The van der Waals surface area contributed by atoms with Gasteiger partial charge in [0.25, 0.3) is 5.89 Å². The minimum absolute atomic E-state index is 0.356. The first-order chi connectivity index (χ1) is 11.3. The van der Waals surface area contributed by atoms with Crippen LogP contribution >= 0.6 is 0 Å². The van der Waals surface area contributed by atoms with Gasteiger partial charge in [-0.1, -0.05) is 35.5 Å². The van der Waals surface area contributed by atoms with E-state index in [1.165, 1.54) is 5.56 Å². The lowest BCUT2D eigenvalue weighted by atomic mass is 10.0. The maximum atomic E-state index is 5.95. The van der Waals surface area contributed by atoms with Gasteiger partial charge in [0.05, 0.1) is 13.2 Å². The first kappa shape index (κ1) is 16.1. The summed E-state index contributed by atoms with van der Waals surface area (Å²) in [5.74, 6) is 1.33. The van der Waals surface area contributed by atoms with Gasteiger partial charge in [-0.15, -0.1) is 0 Å². The summed E-state index contributed by atoms with van der Waals surface area (Å²) in [5, 5.41) is 4.09. The molecule has 23 heavy (non-hydrogen) atoms. The van der Waals surface area contributed by atoms with Crippen molar-refractivity contribution in [1.29, 1.82) is 0 Å². The van der Waals surface area contributed by atoms with Crippen molar-refractivity contribution < 1.29 is 14.0 Å². The molecule has 1 aromatic heterocycles. The van der Waals surface area contributed by atoms with E-state index in [2.05, 4.69) is 22.3 Å². The van der Waals surface area contributed by atoms with Crippen LogP contribution in [0.2, 0.25) is 0 Å². The fourth-order valence-corrected chi connectivity index (χ4v) is 3.11. The normalized spacial score (nSPS) is 16.7. The molecule has 0 atom stereocenters. The monoisotopic (exact) mass is 316 g/mol. The number of hydrogen-bond donors (Lipinski definition) is 0. The highest BCUT2D eigenvalue weighted by molar-refractivity contribution is 5.13. The van der Waals surface area contributed by atoms with E-state index in [1.807, 2.05) is 25.1 Å². The van der Waals surface area contributed by atoms with Crippen molar-refractivity contribution in [2.24, 2.45) is 0 Å². The summed E-state index contributed by atoms with van der Waals surface area (Å²) in [5.41, 5.74) is 0.813. The molecule has 0 N–H and O–H groups in total. The minimum atomic E-state index is -0.356. The van der Waals surface area contributed by atoms with Crippen molar-refractivity contribution in [3.05, 3.63) is 47.6 Å². The summed E-state index contributed by atoms with van der Waals surface area (Å²) in [6, 6.07) is 10.1. The SMILES string of the molecule is CCOC1(c2nc(CCOCc3ccccc3)no2)CCCC1. The van der Waals surface area contributed by atoms with Crippen LogP contribution in [0, 0.1) is 0 Å². The molecule has 2 aromatic rings. The zero-order chi connectivity index (χ0) is 16.0. The lowest BCUT2D eigenvalue weighted by Gasteiger charge is -2.24. The van der Waals surface area contributed by atoms with Gasteiger partial charge in [-0.3, -0.25) is 0 Å². The van der Waals surface area contributed by atoms with Crippen LogP contribution in [0.1, 0.15) is 49.9 Å². The number of ether oxygens (including phenoxy) is 2. The van der Waals surface area contributed by atoms with Gasteiger partial charge in [-0.25, -0.2) is 0 Å². The van der Waals surface area contributed by atoms with E-state index in [9.17, 15) is 0 Å². The van der Waals surface area contributed by atoms with Crippen LogP contribution in [0.3, 0.4) is 0 Å². The van der Waals surface area contributed by atoms with Gasteiger partial charge in [0.2, 0.25) is 0 Å². The zero-order valence-electron chi connectivity index (χ0n) is 13.7. The standard InChI is InChI=1S/C18H24N2O3/c1-2-22-18(11-6-7-12-18)17-19-16(20-23-17)10-13-21-14-15-8-4-3-5-9-15/h3-5,8-9H,2,6-7,10-14H2,1H3. The van der Waals surface area contributed by atoms with Crippen LogP contribution in [-0.2, 0) is 28.1 Å². The van der Waals surface area contributed by atoms with E-state index in [0.29, 0.717) is 38.0 Å². The third kappa shape index (κ3) is 3.98. The Labute approximate surface area is 137 Å². The molecular weight excluding hydrogens is 292 g/mol. The van der Waals surface area contributed by atoms with Crippen LogP contribution in [0.4, 0.5) is 0 Å². The molecule has 3 rings (SSSR count). The molecule has 124 valence electrons. The number of hydrogen-bond acceptors (Lipinski definition) is 5. The lowest BCUT2D eigenvalue weighted by molar-refractivity contribution is -0.0610. The number of benzene rings is 1. The van der Waals surface area contributed by atoms with Gasteiger partial charge in [0.15, 0.2) is 5.82 Å². The Morgan fingerprint density at radius 2 is 1.96 bits per heavy atom. The van der Waals surface area contributed by atoms with Gasteiger partial charge in [0.1, 0.15) is 5.60 Å². The molecule has 0 amide bonds. The molecule has 1 fully saturated rings. The summed E-state index contributed by atoms with van der Waals surface area (Å²) < 4.78 is 17.1. The van der Waals surface area contributed by atoms with E-state index in [4.69, 9.17) is 14.0 Å². The predicted octanol–water partition coefficient (Wildman–Crippen LogP) is 3.63. The van der Waals surface area contributed by atoms with E-state index < -0.39 is 0 Å². The number of rotatable bonds is 8.